The first-order valence-corrected chi connectivity index (χ1v) is 9.90. The van der Waals surface area contributed by atoms with E-state index in [4.69, 9.17) is 9.47 Å². The van der Waals surface area contributed by atoms with Gasteiger partial charge in [-0.05, 0) is 17.0 Å². The highest BCUT2D eigenvalue weighted by molar-refractivity contribution is 5.93. The summed E-state index contributed by atoms with van der Waals surface area (Å²) in [5.41, 5.74) is 0.535. The number of nitrogens with zero attached hydrogens (tertiary/aromatic N) is 1. The van der Waals surface area contributed by atoms with Crippen LogP contribution >= 0.6 is 0 Å². The van der Waals surface area contributed by atoms with Crippen LogP contribution in [0.4, 0.5) is 5.69 Å². The molecule has 9 nitrogen and oxygen atoms in total. The molecule has 170 valence electrons. The van der Waals surface area contributed by atoms with E-state index in [2.05, 4.69) is 5.32 Å². The summed E-state index contributed by atoms with van der Waals surface area (Å²) in [5.74, 6) is -2.23. The van der Waals surface area contributed by atoms with E-state index in [1.807, 2.05) is 26.8 Å². The molecule has 0 saturated heterocycles. The molecule has 1 amide bonds. The van der Waals surface area contributed by atoms with Crippen molar-refractivity contribution < 1.29 is 28.8 Å². The quantitative estimate of drug-likeness (QED) is 0.378. The lowest BCUT2D eigenvalue weighted by Crippen LogP contribution is -2.44. The summed E-state index contributed by atoms with van der Waals surface area (Å²) in [6, 6.07) is 12.1. The van der Waals surface area contributed by atoms with Gasteiger partial charge in [0.2, 0.25) is 0 Å². The molecular formula is C23H26N2O7. The molecule has 32 heavy (non-hydrogen) atoms. The third kappa shape index (κ3) is 6.63. The van der Waals surface area contributed by atoms with Crippen LogP contribution in [-0.2, 0) is 30.9 Å². The summed E-state index contributed by atoms with van der Waals surface area (Å²) in [4.78, 5) is 47.5. The molecule has 0 heterocycles. The maximum Gasteiger partial charge on any atom is 0.338 e. The Morgan fingerprint density at radius 2 is 1.75 bits per heavy atom. The van der Waals surface area contributed by atoms with Crippen molar-refractivity contribution in [3.8, 4) is 0 Å². The number of carbonyl (C=O) groups excluding carboxylic acids is 3. The van der Waals surface area contributed by atoms with E-state index >= 15 is 0 Å². The predicted octanol–water partition coefficient (Wildman–Crippen LogP) is 2.95. The number of rotatable bonds is 8. The number of ether oxygens (including phenoxy) is 2. The monoisotopic (exact) mass is 442 g/mol. The number of hydrogen-bond donors (Lipinski definition) is 1. The molecule has 0 spiro atoms. The van der Waals surface area contributed by atoms with Crippen LogP contribution in [0.1, 0.15) is 42.3 Å². The second-order valence-corrected chi connectivity index (χ2v) is 8.15. The molecule has 0 aromatic heterocycles. The van der Waals surface area contributed by atoms with Gasteiger partial charge < -0.3 is 14.8 Å². The van der Waals surface area contributed by atoms with Gasteiger partial charge in [0.15, 0.2) is 6.61 Å². The second-order valence-electron chi connectivity index (χ2n) is 8.15. The van der Waals surface area contributed by atoms with Gasteiger partial charge in [-0.25, -0.2) is 9.59 Å². The van der Waals surface area contributed by atoms with E-state index < -0.39 is 40.8 Å². The molecule has 1 unspecified atom stereocenters. The van der Waals surface area contributed by atoms with Gasteiger partial charge in [0.05, 0.1) is 17.6 Å². The first-order chi connectivity index (χ1) is 15.0. The zero-order chi connectivity index (χ0) is 23.9. The van der Waals surface area contributed by atoms with Crippen molar-refractivity contribution in [3.63, 3.8) is 0 Å². The minimum absolute atomic E-state index is 0.0497. The highest BCUT2D eigenvalue weighted by atomic mass is 16.6. The third-order valence-electron chi connectivity index (χ3n) is 4.68. The smallest absolute Gasteiger partial charge is 0.338 e. The van der Waals surface area contributed by atoms with Crippen molar-refractivity contribution in [2.24, 2.45) is 0 Å². The van der Waals surface area contributed by atoms with Gasteiger partial charge in [-0.3, -0.25) is 14.9 Å². The minimum Gasteiger partial charge on any atom is -0.467 e. The van der Waals surface area contributed by atoms with Crippen LogP contribution in [0.3, 0.4) is 0 Å². The van der Waals surface area contributed by atoms with Gasteiger partial charge in [-0.2, -0.15) is 0 Å². The van der Waals surface area contributed by atoms with Crippen LogP contribution in [0.15, 0.2) is 48.5 Å². The Hall–Kier alpha value is -3.75. The Morgan fingerprint density at radius 1 is 1.09 bits per heavy atom. The average Bonchev–Trinajstić information content (AvgIpc) is 2.76. The number of nitro groups is 1. The number of amides is 1. The van der Waals surface area contributed by atoms with E-state index in [0.717, 1.165) is 11.6 Å². The van der Waals surface area contributed by atoms with Crippen LogP contribution in [-0.4, -0.2) is 42.5 Å². The second kappa shape index (κ2) is 10.5. The van der Waals surface area contributed by atoms with Crippen molar-refractivity contribution in [1.82, 2.24) is 5.32 Å². The number of nitrogens with one attached hydrogen (secondary N) is 1. The fourth-order valence-electron chi connectivity index (χ4n) is 3.08. The Kier molecular flexibility index (Phi) is 8.06. The standard InChI is InChI=1S/C23H26N2O7/c1-23(2,3)17-11-10-16(13-19(17)25(29)30)21(27)32-14-20(26)24-18(22(28)31-4)12-15-8-6-5-7-9-15/h5-11,13,18H,12,14H2,1-4H3,(H,24,26). The largest absolute Gasteiger partial charge is 0.467 e. The fraction of sp³-hybridized carbons (Fsp3) is 0.348. The Labute approximate surface area is 185 Å². The number of nitro benzene ring substituents is 1. The van der Waals surface area contributed by atoms with Crippen LogP contribution in [0.5, 0.6) is 0 Å². The van der Waals surface area contributed by atoms with E-state index in [1.165, 1.54) is 19.2 Å². The Morgan fingerprint density at radius 3 is 2.31 bits per heavy atom. The van der Waals surface area contributed by atoms with Crippen molar-refractivity contribution in [2.45, 2.75) is 38.6 Å². The van der Waals surface area contributed by atoms with E-state index in [0.29, 0.717) is 5.56 Å². The van der Waals surface area contributed by atoms with Crippen molar-refractivity contribution in [2.75, 3.05) is 13.7 Å². The minimum atomic E-state index is -0.958. The zero-order valence-electron chi connectivity index (χ0n) is 18.4. The predicted molar refractivity (Wildman–Crippen MR) is 116 cm³/mol. The molecule has 2 aromatic carbocycles. The lowest BCUT2D eigenvalue weighted by Gasteiger charge is -2.19. The van der Waals surface area contributed by atoms with Crippen molar-refractivity contribution in [1.29, 1.82) is 0 Å². The number of methoxy groups -OCH3 is 1. The highest BCUT2D eigenvalue weighted by Gasteiger charge is 2.27. The number of benzene rings is 2. The first-order valence-electron chi connectivity index (χ1n) is 9.90. The first kappa shape index (κ1) is 24.5. The number of hydrogen-bond acceptors (Lipinski definition) is 7. The van der Waals surface area contributed by atoms with E-state index in [-0.39, 0.29) is 17.7 Å². The molecular weight excluding hydrogens is 416 g/mol. The van der Waals surface area contributed by atoms with Crippen molar-refractivity contribution in [3.05, 3.63) is 75.3 Å². The molecule has 1 atom stereocenters. The van der Waals surface area contributed by atoms with Gasteiger partial charge >= 0.3 is 11.9 Å². The Bertz CT molecular complexity index is 997. The molecule has 0 aliphatic heterocycles. The van der Waals surface area contributed by atoms with Gasteiger partial charge in [-0.1, -0.05) is 57.2 Å². The Balaban J connectivity index is 2.05. The topological polar surface area (TPSA) is 125 Å². The van der Waals surface area contributed by atoms with Crippen molar-refractivity contribution >= 4 is 23.5 Å². The third-order valence-corrected chi connectivity index (χ3v) is 4.68. The molecule has 9 heteroatoms. The molecule has 0 saturated carbocycles. The lowest BCUT2D eigenvalue weighted by atomic mass is 9.85. The highest BCUT2D eigenvalue weighted by Crippen LogP contribution is 2.31. The molecule has 0 radical (unpaired) electrons. The van der Waals surface area contributed by atoms with Crippen LogP contribution in [0, 0.1) is 10.1 Å². The average molecular weight is 442 g/mol. The molecule has 2 aromatic rings. The SMILES string of the molecule is COC(=O)C(Cc1ccccc1)NC(=O)COC(=O)c1ccc(C(C)(C)C)c([N+](=O)[O-])c1. The molecule has 1 N–H and O–H groups in total. The maximum absolute atomic E-state index is 12.3. The van der Waals surface area contributed by atoms with E-state index in [1.54, 1.807) is 24.3 Å². The van der Waals surface area contributed by atoms with Gasteiger partial charge in [0, 0.05) is 18.1 Å². The van der Waals surface area contributed by atoms with Crippen LogP contribution in [0.2, 0.25) is 0 Å². The normalized spacial score (nSPS) is 11.9. The van der Waals surface area contributed by atoms with Crippen LogP contribution in [0.25, 0.3) is 0 Å². The summed E-state index contributed by atoms with van der Waals surface area (Å²) in [6.45, 7) is 4.82. The van der Waals surface area contributed by atoms with E-state index in [9.17, 15) is 24.5 Å². The lowest BCUT2D eigenvalue weighted by molar-refractivity contribution is -0.386. The summed E-state index contributed by atoms with van der Waals surface area (Å²) in [5, 5.41) is 13.9. The summed E-state index contributed by atoms with van der Waals surface area (Å²) >= 11 is 0. The maximum atomic E-state index is 12.3. The molecule has 0 bridgehead atoms. The zero-order valence-corrected chi connectivity index (χ0v) is 18.4. The van der Waals surface area contributed by atoms with Gasteiger partial charge in [-0.15, -0.1) is 0 Å². The molecule has 0 fully saturated rings. The molecule has 0 aliphatic rings. The number of esters is 2. The van der Waals surface area contributed by atoms with Gasteiger partial charge in [0.1, 0.15) is 6.04 Å². The molecule has 2 rings (SSSR count). The number of carbonyl (C=O) groups is 3. The fourth-order valence-corrected chi connectivity index (χ4v) is 3.08. The van der Waals surface area contributed by atoms with Crippen LogP contribution < -0.4 is 5.32 Å². The summed E-state index contributed by atoms with van der Waals surface area (Å²) in [6.07, 6.45) is 0.202. The molecule has 0 aliphatic carbocycles. The summed E-state index contributed by atoms with van der Waals surface area (Å²) < 4.78 is 9.72. The van der Waals surface area contributed by atoms with Gasteiger partial charge in [0.25, 0.3) is 11.6 Å². The summed E-state index contributed by atoms with van der Waals surface area (Å²) in [7, 11) is 1.21.